The van der Waals surface area contributed by atoms with Crippen molar-refractivity contribution >= 4 is 0 Å². The van der Waals surface area contributed by atoms with Gasteiger partial charge in [0, 0.05) is 24.2 Å². The molecular formula is C15H15F2NO. The predicted octanol–water partition coefficient (Wildman–Crippen LogP) is 3.52. The van der Waals surface area contributed by atoms with Gasteiger partial charge in [-0.15, -0.1) is 0 Å². The minimum absolute atomic E-state index is 0.115. The lowest BCUT2D eigenvalue weighted by atomic mass is 10.1. The standard InChI is InChI=1S/C15H15F2NO/c1-10(14-4-2-3-5-15(14)17)18-9-11-6-12(16)8-13(19)7-11/h2-8,10,18-19H,9H2,1H3/t10-/m1/s1. The molecule has 0 unspecified atom stereocenters. The summed E-state index contributed by atoms with van der Waals surface area (Å²) in [5.74, 6) is -0.879. The molecule has 4 heteroatoms. The Kier molecular flexibility index (Phi) is 4.12. The van der Waals surface area contributed by atoms with Crippen molar-refractivity contribution in [2.75, 3.05) is 0 Å². The molecule has 0 radical (unpaired) electrons. The number of benzene rings is 2. The zero-order chi connectivity index (χ0) is 13.8. The molecule has 0 fully saturated rings. The van der Waals surface area contributed by atoms with Crippen molar-refractivity contribution < 1.29 is 13.9 Å². The Morgan fingerprint density at radius 3 is 2.58 bits per heavy atom. The lowest BCUT2D eigenvalue weighted by Crippen LogP contribution is -2.19. The summed E-state index contributed by atoms with van der Waals surface area (Å²) < 4.78 is 26.6. The van der Waals surface area contributed by atoms with Crippen molar-refractivity contribution in [1.29, 1.82) is 0 Å². The fourth-order valence-electron chi connectivity index (χ4n) is 1.94. The van der Waals surface area contributed by atoms with Crippen LogP contribution in [-0.2, 0) is 6.54 Å². The van der Waals surface area contributed by atoms with E-state index in [4.69, 9.17) is 0 Å². The molecule has 0 aliphatic heterocycles. The Balaban J connectivity index is 2.04. The van der Waals surface area contributed by atoms with E-state index in [-0.39, 0.29) is 17.6 Å². The van der Waals surface area contributed by atoms with Crippen molar-refractivity contribution in [3.05, 3.63) is 65.2 Å². The summed E-state index contributed by atoms with van der Waals surface area (Å²) in [5.41, 5.74) is 1.17. The van der Waals surface area contributed by atoms with E-state index < -0.39 is 5.82 Å². The van der Waals surface area contributed by atoms with Gasteiger partial charge >= 0.3 is 0 Å². The second-order valence-corrected chi connectivity index (χ2v) is 4.44. The molecule has 0 heterocycles. The largest absolute Gasteiger partial charge is 0.508 e. The Morgan fingerprint density at radius 1 is 1.16 bits per heavy atom. The highest BCUT2D eigenvalue weighted by molar-refractivity contribution is 5.28. The SMILES string of the molecule is C[C@@H](NCc1cc(O)cc(F)c1)c1ccccc1F. The second kappa shape index (κ2) is 5.80. The monoisotopic (exact) mass is 263 g/mol. The van der Waals surface area contributed by atoms with E-state index in [1.807, 2.05) is 6.92 Å². The summed E-state index contributed by atoms with van der Waals surface area (Å²) in [6.07, 6.45) is 0. The van der Waals surface area contributed by atoms with Crippen LogP contribution in [0.25, 0.3) is 0 Å². The number of phenols is 1. The molecule has 2 aromatic rings. The molecule has 0 bridgehead atoms. The van der Waals surface area contributed by atoms with Crippen LogP contribution >= 0.6 is 0 Å². The number of aromatic hydroxyl groups is 1. The van der Waals surface area contributed by atoms with Crippen LogP contribution in [0.1, 0.15) is 24.1 Å². The molecule has 0 saturated heterocycles. The van der Waals surface area contributed by atoms with Crippen LogP contribution in [0, 0.1) is 11.6 Å². The number of hydrogen-bond donors (Lipinski definition) is 2. The van der Waals surface area contributed by atoms with Crippen molar-refractivity contribution in [2.24, 2.45) is 0 Å². The van der Waals surface area contributed by atoms with Crippen LogP contribution in [-0.4, -0.2) is 5.11 Å². The van der Waals surface area contributed by atoms with Gasteiger partial charge < -0.3 is 10.4 Å². The van der Waals surface area contributed by atoms with Crippen LogP contribution in [0.15, 0.2) is 42.5 Å². The molecule has 1 atom stereocenters. The first-order chi connectivity index (χ1) is 9.06. The van der Waals surface area contributed by atoms with Gasteiger partial charge in [-0.2, -0.15) is 0 Å². The molecule has 0 spiro atoms. The van der Waals surface area contributed by atoms with Gasteiger partial charge in [0.25, 0.3) is 0 Å². The number of hydrogen-bond acceptors (Lipinski definition) is 2. The van der Waals surface area contributed by atoms with E-state index in [2.05, 4.69) is 5.32 Å². The molecule has 2 rings (SSSR count). The molecule has 0 aliphatic rings. The molecule has 0 aromatic heterocycles. The number of halogens is 2. The Morgan fingerprint density at radius 2 is 1.89 bits per heavy atom. The minimum Gasteiger partial charge on any atom is -0.508 e. The van der Waals surface area contributed by atoms with E-state index in [0.29, 0.717) is 17.7 Å². The van der Waals surface area contributed by atoms with Gasteiger partial charge in [0.1, 0.15) is 17.4 Å². The average Bonchev–Trinajstić information content (AvgIpc) is 2.35. The molecule has 19 heavy (non-hydrogen) atoms. The minimum atomic E-state index is -0.490. The molecule has 0 aliphatic carbocycles. The van der Waals surface area contributed by atoms with Gasteiger partial charge in [0.2, 0.25) is 0 Å². The van der Waals surface area contributed by atoms with Crippen molar-refractivity contribution in [3.63, 3.8) is 0 Å². The maximum Gasteiger partial charge on any atom is 0.127 e. The molecule has 2 N–H and O–H groups in total. The van der Waals surface area contributed by atoms with Crippen LogP contribution in [0.2, 0.25) is 0 Å². The fourth-order valence-corrected chi connectivity index (χ4v) is 1.94. The smallest absolute Gasteiger partial charge is 0.127 e. The van der Waals surface area contributed by atoms with Crippen LogP contribution in [0.5, 0.6) is 5.75 Å². The summed E-state index contributed by atoms with van der Waals surface area (Å²) in [6.45, 7) is 2.18. The van der Waals surface area contributed by atoms with Crippen LogP contribution in [0.4, 0.5) is 8.78 Å². The van der Waals surface area contributed by atoms with Crippen molar-refractivity contribution in [1.82, 2.24) is 5.32 Å². The van der Waals surface area contributed by atoms with E-state index in [1.165, 1.54) is 18.2 Å². The highest BCUT2D eigenvalue weighted by atomic mass is 19.1. The van der Waals surface area contributed by atoms with Gasteiger partial charge in [-0.1, -0.05) is 18.2 Å². The first-order valence-electron chi connectivity index (χ1n) is 6.02. The maximum atomic E-state index is 13.6. The summed E-state index contributed by atoms with van der Waals surface area (Å²) in [7, 11) is 0. The summed E-state index contributed by atoms with van der Waals surface area (Å²) in [5, 5.41) is 12.4. The highest BCUT2D eigenvalue weighted by Gasteiger charge is 2.09. The zero-order valence-electron chi connectivity index (χ0n) is 10.5. The second-order valence-electron chi connectivity index (χ2n) is 4.44. The highest BCUT2D eigenvalue weighted by Crippen LogP contribution is 2.18. The van der Waals surface area contributed by atoms with Gasteiger partial charge in [0.15, 0.2) is 0 Å². The Bertz CT molecular complexity index is 552. The van der Waals surface area contributed by atoms with E-state index in [9.17, 15) is 13.9 Å². The quantitative estimate of drug-likeness (QED) is 0.884. The number of rotatable bonds is 4. The lowest BCUT2D eigenvalue weighted by Gasteiger charge is -2.15. The number of nitrogens with one attached hydrogen (secondary N) is 1. The molecule has 100 valence electrons. The predicted molar refractivity (Wildman–Crippen MR) is 69.7 cm³/mol. The molecule has 0 amide bonds. The van der Waals surface area contributed by atoms with Crippen LogP contribution in [0.3, 0.4) is 0 Å². The topological polar surface area (TPSA) is 32.3 Å². The lowest BCUT2D eigenvalue weighted by molar-refractivity contribution is 0.466. The third-order valence-corrected chi connectivity index (χ3v) is 2.93. The van der Waals surface area contributed by atoms with Gasteiger partial charge in [0.05, 0.1) is 0 Å². The molecular weight excluding hydrogens is 248 g/mol. The summed E-state index contributed by atoms with van der Waals surface area (Å²) >= 11 is 0. The zero-order valence-corrected chi connectivity index (χ0v) is 10.5. The first kappa shape index (κ1) is 13.5. The Labute approximate surface area is 110 Å². The third-order valence-electron chi connectivity index (χ3n) is 2.93. The summed E-state index contributed by atoms with van der Waals surface area (Å²) in [6, 6.07) is 10.2. The van der Waals surface area contributed by atoms with E-state index in [0.717, 1.165) is 6.07 Å². The van der Waals surface area contributed by atoms with Gasteiger partial charge in [-0.3, -0.25) is 0 Å². The van der Waals surface area contributed by atoms with Crippen LogP contribution < -0.4 is 5.32 Å². The van der Waals surface area contributed by atoms with Gasteiger partial charge in [-0.05, 0) is 30.7 Å². The Hall–Kier alpha value is -1.94. The third kappa shape index (κ3) is 3.51. The van der Waals surface area contributed by atoms with Crippen molar-refractivity contribution in [3.8, 4) is 5.75 Å². The molecule has 2 nitrogen and oxygen atoms in total. The first-order valence-corrected chi connectivity index (χ1v) is 6.02. The maximum absolute atomic E-state index is 13.6. The molecule has 2 aromatic carbocycles. The summed E-state index contributed by atoms with van der Waals surface area (Å²) in [4.78, 5) is 0. The fraction of sp³-hybridized carbons (Fsp3) is 0.200. The van der Waals surface area contributed by atoms with E-state index in [1.54, 1.807) is 18.2 Å². The normalized spacial score (nSPS) is 12.4. The van der Waals surface area contributed by atoms with Crippen molar-refractivity contribution in [2.45, 2.75) is 19.5 Å². The average molecular weight is 263 g/mol. The molecule has 0 saturated carbocycles. The van der Waals surface area contributed by atoms with Gasteiger partial charge in [-0.25, -0.2) is 8.78 Å². The number of phenolic OH excluding ortho intramolecular Hbond substituents is 1. The van der Waals surface area contributed by atoms with E-state index >= 15 is 0 Å².